The second kappa shape index (κ2) is 7.52. The lowest BCUT2D eigenvalue weighted by Gasteiger charge is -2.29. The van der Waals surface area contributed by atoms with E-state index in [2.05, 4.69) is 17.1 Å². The molecule has 5 heteroatoms. The quantitative estimate of drug-likeness (QED) is 0.840. The fraction of sp³-hybridized carbons (Fsp3) is 0.562. The predicted molar refractivity (Wildman–Crippen MR) is 81.5 cm³/mol. The molecule has 1 aromatic carbocycles. The zero-order valence-corrected chi connectivity index (χ0v) is 12.6. The Bertz CT molecular complexity index is 486. The van der Waals surface area contributed by atoms with Gasteiger partial charge in [-0.2, -0.15) is 0 Å². The van der Waals surface area contributed by atoms with Crippen molar-refractivity contribution in [3.05, 3.63) is 35.1 Å². The summed E-state index contributed by atoms with van der Waals surface area (Å²) in [6.45, 7) is 6.56. The Kier molecular flexibility index (Phi) is 5.70. The molecule has 1 fully saturated rings. The maximum absolute atomic E-state index is 13.9. The van der Waals surface area contributed by atoms with Crippen LogP contribution in [0, 0.1) is 11.7 Å². The molecule has 0 atom stereocenters. The highest BCUT2D eigenvalue weighted by Gasteiger charge is 2.17. The first-order chi connectivity index (χ1) is 10.1. The maximum atomic E-state index is 13.9. The fourth-order valence-electron chi connectivity index (χ4n) is 2.82. The van der Waals surface area contributed by atoms with E-state index in [-0.39, 0.29) is 5.82 Å². The first kappa shape index (κ1) is 15.9. The Morgan fingerprint density at radius 2 is 2.14 bits per heavy atom. The van der Waals surface area contributed by atoms with E-state index < -0.39 is 5.91 Å². The molecule has 4 nitrogen and oxygen atoms in total. The van der Waals surface area contributed by atoms with Crippen molar-refractivity contribution < 1.29 is 9.18 Å². The van der Waals surface area contributed by atoms with Crippen molar-refractivity contribution in [3.63, 3.8) is 0 Å². The van der Waals surface area contributed by atoms with Gasteiger partial charge in [0.25, 0.3) is 0 Å². The lowest BCUT2D eigenvalue weighted by Crippen LogP contribution is -2.36. The van der Waals surface area contributed by atoms with Gasteiger partial charge in [0, 0.05) is 24.2 Å². The number of carbonyl (C=O) groups is 1. The normalized spacial score (nSPS) is 16.3. The minimum Gasteiger partial charge on any atom is -0.366 e. The molecule has 1 aromatic rings. The summed E-state index contributed by atoms with van der Waals surface area (Å²) >= 11 is 0. The molecule has 0 aliphatic carbocycles. The van der Waals surface area contributed by atoms with Crippen LogP contribution in [0.4, 0.5) is 4.39 Å². The van der Waals surface area contributed by atoms with Gasteiger partial charge >= 0.3 is 0 Å². The van der Waals surface area contributed by atoms with Crippen LogP contribution in [0.25, 0.3) is 0 Å². The van der Waals surface area contributed by atoms with Gasteiger partial charge in [-0.05, 0) is 56.6 Å². The van der Waals surface area contributed by atoms with E-state index in [0.717, 1.165) is 26.2 Å². The molecule has 1 saturated heterocycles. The average molecular weight is 293 g/mol. The third-order valence-corrected chi connectivity index (χ3v) is 4.15. The molecule has 0 aromatic heterocycles. The first-order valence-electron chi connectivity index (χ1n) is 7.61. The summed E-state index contributed by atoms with van der Waals surface area (Å²) in [4.78, 5) is 13.5. The minimum atomic E-state index is -0.516. The van der Waals surface area contributed by atoms with Crippen molar-refractivity contribution in [1.29, 1.82) is 0 Å². The van der Waals surface area contributed by atoms with E-state index in [0.29, 0.717) is 23.6 Å². The lowest BCUT2D eigenvalue weighted by atomic mass is 9.97. The highest BCUT2D eigenvalue weighted by atomic mass is 19.1. The Hall–Kier alpha value is -1.46. The molecule has 0 spiro atoms. The van der Waals surface area contributed by atoms with Crippen LogP contribution in [0.5, 0.6) is 0 Å². The molecule has 21 heavy (non-hydrogen) atoms. The van der Waals surface area contributed by atoms with Crippen LogP contribution >= 0.6 is 0 Å². The second-order valence-corrected chi connectivity index (χ2v) is 5.69. The van der Waals surface area contributed by atoms with Crippen LogP contribution in [-0.2, 0) is 6.54 Å². The topological polar surface area (TPSA) is 58.4 Å². The third kappa shape index (κ3) is 4.51. The smallest absolute Gasteiger partial charge is 0.248 e. The van der Waals surface area contributed by atoms with Gasteiger partial charge in [0.05, 0.1) is 0 Å². The monoisotopic (exact) mass is 293 g/mol. The minimum absolute atomic E-state index is 0.274. The molecule has 2 rings (SSSR count). The van der Waals surface area contributed by atoms with Crippen LogP contribution in [0.2, 0.25) is 0 Å². The summed E-state index contributed by atoms with van der Waals surface area (Å²) in [5.41, 5.74) is 6.17. The molecule has 0 radical (unpaired) electrons. The molecule has 0 bridgehead atoms. The largest absolute Gasteiger partial charge is 0.366 e. The zero-order valence-electron chi connectivity index (χ0n) is 12.6. The van der Waals surface area contributed by atoms with Crippen LogP contribution in [0.1, 0.15) is 35.7 Å². The third-order valence-electron chi connectivity index (χ3n) is 4.15. The Labute approximate surface area is 125 Å². The summed E-state index contributed by atoms with van der Waals surface area (Å²) < 4.78 is 13.9. The molecule has 1 aliphatic heterocycles. The number of nitrogens with one attached hydrogen (secondary N) is 1. The second-order valence-electron chi connectivity index (χ2n) is 5.69. The van der Waals surface area contributed by atoms with Gasteiger partial charge in [-0.15, -0.1) is 0 Å². The number of nitrogens with zero attached hydrogens (tertiary/aromatic N) is 1. The molecule has 1 aliphatic rings. The van der Waals surface area contributed by atoms with Crippen molar-refractivity contribution in [2.75, 3.05) is 26.2 Å². The molecule has 1 heterocycles. The van der Waals surface area contributed by atoms with Gasteiger partial charge < -0.3 is 11.1 Å². The van der Waals surface area contributed by atoms with E-state index in [1.54, 1.807) is 6.07 Å². The summed E-state index contributed by atoms with van der Waals surface area (Å²) in [5, 5.41) is 3.35. The van der Waals surface area contributed by atoms with Gasteiger partial charge in [-0.25, -0.2) is 4.39 Å². The number of hydrogen-bond donors (Lipinski definition) is 2. The van der Waals surface area contributed by atoms with Crippen molar-refractivity contribution in [2.45, 2.75) is 26.3 Å². The summed E-state index contributed by atoms with van der Waals surface area (Å²) in [5.74, 6) is -0.130. The summed E-state index contributed by atoms with van der Waals surface area (Å²) in [7, 11) is 0. The van der Waals surface area contributed by atoms with Crippen LogP contribution in [0.3, 0.4) is 0 Å². The zero-order chi connectivity index (χ0) is 15.2. The van der Waals surface area contributed by atoms with Gasteiger partial charge in [0.1, 0.15) is 5.82 Å². The Balaban J connectivity index is 2.03. The molecule has 3 N–H and O–H groups in total. The van der Waals surface area contributed by atoms with Crippen molar-refractivity contribution >= 4 is 5.91 Å². The number of nitrogens with two attached hydrogens (primary N) is 1. The summed E-state index contributed by atoms with van der Waals surface area (Å²) in [6.07, 6.45) is 2.33. The number of carbonyl (C=O) groups excluding carboxylic acids is 1. The molecular formula is C16H24FN3O. The lowest BCUT2D eigenvalue weighted by molar-refractivity contribution is 0.1000. The van der Waals surface area contributed by atoms with Crippen LogP contribution in [-0.4, -0.2) is 37.0 Å². The number of halogens is 1. The number of rotatable bonds is 6. The molecule has 0 saturated carbocycles. The van der Waals surface area contributed by atoms with E-state index in [9.17, 15) is 9.18 Å². The van der Waals surface area contributed by atoms with Crippen LogP contribution < -0.4 is 11.1 Å². The van der Waals surface area contributed by atoms with E-state index in [1.807, 2.05) is 0 Å². The number of amides is 1. The Morgan fingerprint density at radius 3 is 2.76 bits per heavy atom. The summed E-state index contributed by atoms with van der Waals surface area (Å²) in [6, 6.07) is 4.33. The van der Waals surface area contributed by atoms with Crippen molar-refractivity contribution in [1.82, 2.24) is 10.2 Å². The molecular weight excluding hydrogens is 269 g/mol. The number of hydrogen-bond acceptors (Lipinski definition) is 3. The predicted octanol–water partition coefficient (Wildman–Crippen LogP) is 1.75. The van der Waals surface area contributed by atoms with Crippen molar-refractivity contribution in [3.8, 4) is 0 Å². The van der Waals surface area contributed by atoms with Crippen molar-refractivity contribution in [2.24, 2.45) is 11.7 Å². The number of primary amides is 1. The standard InChI is InChI=1S/C16H24FN3O/c1-2-20(10-12-5-7-19-8-6-12)11-14-9-13(16(18)21)3-4-15(14)17/h3-4,9,12,19H,2,5-8,10-11H2,1H3,(H2,18,21). The molecule has 0 unspecified atom stereocenters. The van der Waals surface area contributed by atoms with E-state index in [4.69, 9.17) is 5.73 Å². The van der Waals surface area contributed by atoms with Gasteiger partial charge in [0.15, 0.2) is 0 Å². The Morgan fingerprint density at radius 1 is 1.43 bits per heavy atom. The highest BCUT2D eigenvalue weighted by Crippen LogP contribution is 2.17. The maximum Gasteiger partial charge on any atom is 0.248 e. The van der Waals surface area contributed by atoms with Gasteiger partial charge in [-0.3, -0.25) is 9.69 Å². The molecule has 116 valence electrons. The fourth-order valence-corrected chi connectivity index (χ4v) is 2.82. The van der Waals surface area contributed by atoms with E-state index in [1.165, 1.54) is 25.0 Å². The van der Waals surface area contributed by atoms with Gasteiger partial charge in [-0.1, -0.05) is 6.92 Å². The van der Waals surface area contributed by atoms with Crippen LogP contribution in [0.15, 0.2) is 18.2 Å². The first-order valence-corrected chi connectivity index (χ1v) is 7.61. The van der Waals surface area contributed by atoms with E-state index >= 15 is 0 Å². The number of benzene rings is 1. The highest BCUT2D eigenvalue weighted by molar-refractivity contribution is 5.92. The average Bonchev–Trinajstić information content (AvgIpc) is 2.49. The van der Waals surface area contributed by atoms with Gasteiger partial charge in [0.2, 0.25) is 5.91 Å². The SMILES string of the molecule is CCN(Cc1cc(C(N)=O)ccc1F)CC1CCNCC1. The number of piperidine rings is 1. The molecule has 1 amide bonds.